The standard InChI is InChI=1S/C31H50F2N3O5P/c1-6-9-10-11-28-23-29(25(4)35-30(28)34)22-26-12-14-27(15-13-26)24-36(5)17-19-39-21-20-38-18-16-31(32,33)42(37,40-7-2)41-8-3/h12-15,23H,6-11,16-22,24H2,1-5H3,(H2,34,35). The molecule has 0 bridgehead atoms. The molecule has 0 fully saturated rings. The van der Waals surface area contributed by atoms with Crippen molar-refractivity contribution in [1.29, 1.82) is 0 Å². The lowest BCUT2D eigenvalue weighted by Crippen LogP contribution is -2.24. The average Bonchev–Trinajstić information content (AvgIpc) is 2.94. The van der Waals surface area contributed by atoms with Gasteiger partial charge in [0.25, 0.3) is 0 Å². The maximum atomic E-state index is 14.3. The van der Waals surface area contributed by atoms with Crippen LogP contribution in [0.4, 0.5) is 14.6 Å². The molecule has 1 heterocycles. The first-order chi connectivity index (χ1) is 20.0. The zero-order chi connectivity index (χ0) is 31.0. The summed E-state index contributed by atoms with van der Waals surface area (Å²) in [6.07, 6.45) is 4.54. The van der Waals surface area contributed by atoms with Crippen LogP contribution in [0.15, 0.2) is 30.3 Å². The van der Waals surface area contributed by atoms with Gasteiger partial charge in [0.2, 0.25) is 0 Å². The molecule has 2 aromatic rings. The fourth-order valence-corrected chi connectivity index (χ4v) is 5.97. The molecule has 2 rings (SSSR count). The third kappa shape index (κ3) is 12.0. The minimum atomic E-state index is -4.51. The second-order valence-electron chi connectivity index (χ2n) is 10.4. The predicted octanol–water partition coefficient (Wildman–Crippen LogP) is 7.01. The number of alkyl halides is 2. The monoisotopic (exact) mass is 613 g/mol. The number of hydrogen-bond acceptors (Lipinski definition) is 8. The molecule has 0 aliphatic heterocycles. The van der Waals surface area contributed by atoms with E-state index < -0.39 is 19.7 Å². The van der Waals surface area contributed by atoms with Crippen LogP contribution in [0.25, 0.3) is 0 Å². The largest absolute Gasteiger partial charge is 0.399 e. The van der Waals surface area contributed by atoms with Gasteiger partial charge in [0.15, 0.2) is 0 Å². The summed E-state index contributed by atoms with van der Waals surface area (Å²) in [5.74, 6) is 0.649. The quantitative estimate of drug-likeness (QED) is 0.112. The summed E-state index contributed by atoms with van der Waals surface area (Å²) < 4.78 is 61.3. The minimum absolute atomic E-state index is 0.122. The van der Waals surface area contributed by atoms with Crippen molar-refractivity contribution >= 4 is 13.4 Å². The number of hydrogen-bond donors (Lipinski definition) is 1. The van der Waals surface area contributed by atoms with Crippen molar-refractivity contribution in [2.45, 2.75) is 78.4 Å². The molecule has 11 heteroatoms. The molecular formula is C31H50F2N3O5P. The number of ether oxygens (including phenoxy) is 2. The molecule has 0 amide bonds. The van der Waals surface area contributed by atoms with Crippen molar-refractivity contribution in [3.05, 3.63) is 58.3 Å². The van der Waals surface area contributed by atoms with Crippen LogP contribution in [0, 0.1) is 6.92 Å². The molecule has 0 aliphatic rings. The van der Waals surface area contributed by atoms with Gasteiger partial charge in [-0.25, -0.2) is 4.98 Å². The number of nitrogen functional groups attached to an aromatic ring is 1. The normalized spacial score (nSPS) is 12.4. The Morgan fingerprint density at radius 1 is 0.929 bits per heavy atom. The lowest BCUT2D eigenvalue weighted by molar-refractivity contribution is -0.00985. The third-order valence-corrected chi connectivity index (χ3v) is 9.11. The molecule has 238 valence electrons. The average molecular weight is 614 g/mol. The number of aromatic nitrogens is 1. The molecule has 0 saturated heterocycles. The summed E-state index contributed by atoms with van der Waals surface area (Å²) in [4.78, 5) is 6.75. The summed E-state index contributed by atoms with van der Waals surface area (Å²) in [5, 5.41) is 0. The van der Waals surface area contributed by atoms with Crippen molar-refractivity contribution in [3.8, 4) is 0 Å². The number of rotatable bonds is 22. The van der Waals surface area contributed by atoms with Gasteiger partial charge < -0.3 is 24.3 Å². The minimum Gasteiger partial charge on any atom is -0.383 e. The van der Waals surface area contributed by atoms with Crippen molar-refractivity contribution in [1.82, 2.24) is 9.88 Å². The molecule has 0 radical (unpaired) electrons. The van der Waals surface area contributed by atoms with Crippen LogP contribution in [0.3, 0.4) is 0 Å². The number of aryl methyl sites for hydroxylation is 2. The van der Waals surface area contributed by atoms with Crippen LogP contribution in [0.2, 0.25) is 0 Å². The Morgan fingerprint density at radius 3 is 2.17 bits per heavy atom. The Kier molecular flexibility index (Phi) is 16.1. The molecule has 0 atom stereocenters. The van der Waals surface area contributed by atoms with E-state index in [0.717, 1.165) is 37.1 Å². The number of pyridine rings is 1. The van der Waals surface area contributed by atoms with Gasteiger partial charge in [0, 0.05) is 25.2 Å². The number of nitrogens with zero attached hydrogens (tertiary/aromatic N) is 2. The van der Waals surface area contributed by atoms with Gasteiger partial charge in [-0.2, -0.15) is 8.78 Å². The van der Waals surface area contributed by atoms with Gasteiger partial charge >= 0.3 is 13.3 Å². The first-order valence-electron chi connectivity index (χ1n) is 15.0. The molecule has 0 unspecified atom stereocenters. The fraction of sp³-hybridized carbons (Fsp3) is 0.645. The van der Waals surface area contributed by atoms with E-state index in [1.165, 1.54) is 43.4 Å². The van der Waals surface area contributed by atoms with E-state index in [1.54, 1.807) is 0 Å². The van der Waals surface area contributed by atoms with Crippen LogP contribution in [-0.4, -0.2) is 68.8 Å². The van der Waals surface area contributed by atoms with Gasteiger partial charge in [-0.1, -0.05) is 50.1 Å². The van der Waals surface area contributed by atoms with Crippen LogP contribution in [0.1, 0.15) is 74.4 Å². The van der Waals surface area contributed by atoms with E-state index in [-0.39, 0.29) is 33.0 Å². The molecule has 1 aromatic heterocycles. The summed E-state index contributed by atoms with van der Waals surface area (Å²) in [6, 6.07) is 10.8. The summed E-state index contributed by atoms with van der Waals surface area (Å²) >= 11 is 0. The zero-order valence-corrected chi connectivity index (χ0v) is 26.9. The zero-order valence-electron chi connectivity index (χ0n) is 26.0. The summed E-state index contributed by atoms with van der Waals surface area (Å²) in [5.41, 5.74) is 8.34. The van der Waals surface area contributed by atoms with Crippen LogP contribution in [-0.2, 0) is 42.5 Å². The van der Waals surface area contributed by atoms with Crippen LogP contribution < -0.4 is 5.73 Å². The SMILES string of the molecule is CCCCCc1cc(Cc2ccc(CN(C)CCOCCOCCC(F)(F)P(=O)(OCC)OCC)cc2)c(C)nc1N. The van der Waals surface area contributed by atoms with E-state index >= 15 is 0 Å². The molecule has 42 heavy (non-hydrogen) atoms. The highest BCUT2D eigenvalue weighted by molar-refractivity contribution is 7.55. The van der Waals surface area contributed by atoms with Crippen molar-refractivity contribution < 1.29 is 31.9 Å². The number of unbranched alkanes of at least 4 members (excludes halogenated alkanes) is 2. The lowest BCUT2D eigenvalue weighted by atomic mass is 9.99. The number of nitrogens with two attached hydrogens (primary N) is 1. The highest BCUT2D eigenvalue weighted by Crippen LogP contribution is 2.63. The number of likely N-dealkylation sites (N-methyl/N-ethyl adjacent to an activating group) is 1. The first kappa shape index (κ1) is 36.3. The lowest BCUT2D eigenvalue weighted by Gasteiger charge is -2.25. The Balaban J connectivity index is 1.69. The molecule has 0 saturated carbocycles. The second-order valence-corrected chi connectivity index (χ2v) is 12.6. The van der Waals surface area contributed by atoms with Gasteiger partial charge in [0.1, 0.15) is 5.82 Å². The van der Waals surface area contributed by atoms with Gasteiger partial charge in [0.05, 0.1) is 39.6 Å². The van der Waals surface area contributed by atoms with Crippen molar-refractivity contribution in [2.24, 2.45) is 0 Å². The van der Waals surface area contributed by atoms with Crippen molar-refractivity contribution in [2.75, 3.05) is 59.0 Å². The predicted molar refractivity (Wildman–Crippen MR) is 164 cm³/mol. The van der Waals surface area contributed by atoms with Crippen LogP contribution in [0.5, 0.6) is 0 Å². The molecular weight excluding hydrogens is 563 g/mol. The Hall–Kier alpha value is -1.94. The van der Waals surface area contributed by atoms with Gasteiger partial charge in [-0.15, -0.1) is 0 Å². The van der Waals surface area contributed by atoms with E-state index in [0.29, 0.717) is 19.0 Å². The van der Waals surface area contributed by atoms with Gasteiger partial charge in [-0.3, -0.25) is 9.46 Å². The molecule has 0 aliphatic carbocycles. The maximum absolute atomic E-state index is 14.3. The third-order valence-electron chi connectivity index (χ3n) is 6.89. The number of halogens is 2. The van der Waals surface area contributed by atoms with E-state index in [4.69, 9.17) is 24.3 Å². The number of anilines is 1. The van der Waals surface area contributed by atoms with E-state index in [1.807, 2.05) is 14.0 Å². The molecule has 8 nitrogen and oxygen atoms in total. The molecule has 2 N–H and O–H groups in total. The number of benzene rings is 1. The fourth-order valence-electron chi connectivity index (χ4n) is 4.47. The van der Waals surface area contributed by atoms with Crippen LogP contribution >= 0.6 is 7.60 Å². The highest BCUT2D eigenvalue weighted by Gasteiger charge is 2.52. The Labute approximate surface area is 250 Å². The Morgan fingerprint density at radius 2 is 1.55 bits per heavy atom. The second kappa shape index (κ2) is 18.7. The van der Waals surface area contributed by atoms with Crippen molar-refractivity contribution in [3.63, 3.8) is 0 Å². The maximum Gasteiger partial charge on any atom is 0.399 e. The van der Waals surface area contributed by atoms with E-state index in [9.17, 15) is 13.3 Å². The van der Waals surface area contributed by atoms with Gasteiger partial charge in [-0.05, 0) is 69.3 Å². The highest BCUT2D eigenvalue weighted by atomic mass is 31.2. The topological polar surface area (TPSA) is 96.1 Å². The summed E-state index contributed by atoms with van der Waals surface area (Å²) in [7, 11) is -2.49. The smallest absolute Gasteiger partial charge is 0.383 e. The molecule has 1 aromatic carbocycles. The molecule has 0 spiro atoms. The first-order valence-corrected chi connectivity index (χ1v) is 16.5. The van der Waals surface area contributed by atoms with E-state index in [2.05, 4.69) is 47.1 Å². The summed E-state index contributed by atoms with van der Waals surface area (Å²) in [6.45, 7) is 9.11. The Bertz CT molecular complexity index is 1090.